The van der Waals surface area contributed by atoms with Crippen molar-refractivity contribution in [3.8, 4) is 0 Å². The first-order chi connectivity index (χ1) is 13.4. The van der Waals surface area contributed by atoms with Crippen LogP contribution in [0.1, 0.15) is 41.3 Å². The van der Waals surface area contributed by atoms with Crippen LogP contribution in [0.15, 0.2) is 47.3 Å². The molecule has 0 radical (unpaired) electrons. The molecule has 28 heavy (non-hydrogen) atoms. The van der Waals surface area contributed by atoms with E-state index in [0.29, 0.717) is 22.5 Å². The first-order valence-corrected chi connectivity index (χ1v) is 9.73. The summed E-state index contributed by atoms with van der Waals surface area (Å²) in [6.45, 7) is 2.28. The molecule has 3 N–H and O–H groups in total. The van der Waals surface area contributed by atoms with E-state index in [1.807, 2.05) is 25.1 Å². The minimum absolute atomic E-state index is 0.0424. The lowest BCUT2D eigenvalue weighted by atomic mass is 10.0. The third-order valence-electron chi connectivity index (χ3n) is 5.01. The number of aryl methyl sites for hydroxylation is 3. The van der Waals surface area contributed by atoms with Crippen LogP contribution < -0.4 is 11.2 Å². The van der Waals surface area contributed by atoms with Crippen molar-refractivity contribution in [2.24, 2.45) is 0 Å². The zero-order valence-electron chi connectivity index (χ0n) is 15.7. The summed E-state index contributed by atoms with van der Waals surface area (Å²) < 4.78 is 1.62. The zero-order valence-corrected chi connectivity index (χ0v) is 16.5. The SMILES string of the molecule is CCn1c(N)c(C(=O)O)c(=O)c2cc(CCCCc3ccccc3)c(Cl)cc21. The molecule has 0 amide bonds. The van der Waals surface area contributed by atoms with Crippen LogP contribution in [0, 0.1) is 0 Å². The lowest BCUT2D eigenvalue weighted by molar-refractivity contribution is 0.0696. The molecule has 0 aliphatic rings. The summed E-state index contributed by atoms with van der Waals surface area (Å²) in [5.41, 5.74) is 7.70. The average molecular weight is 399 g/mol. The molecule has 5 nitrogen and oxygen atoms in total. The number of nitrogens with zero attached hydrogens (tertiary/aromatic N) is 1. The van der Waals surface area contributed by atoms with Crippen LogP contribution >= 0.6 is 11.6 Å². The maximum Gasteiger partial charge on any atom is 0.343 e. The van der Waals surface area contributed by atoms with E-state index >= 15 is 0 Å². The van der Waals surface area contributed by atoms with Gasteiger partial charge in [-0.25, -0.2) is 4.79 Å². The van der Waals surface area contributed by atoms with Gasteiger partial charge in [-0.1, -0.05) is 41.9 Å². The molecule has 0 fully saturated rings. The van der Waals surface area contributed by atoms with Crippen LogP contribution in [-0.2, 0) is 19.4 Å². The highest BCUT2D eigenvalue weighted by Gasteiger charge is 2.20. The van der Waals surface area contributed by atoms with Crippen LogP contribution in [0.3, 0.4) is 0 Å². The summed E-state index contributed by atoms with van der Waals surface area (Å²) in [7, 11) is 0. The van der Waals surface area contributed by atoms with Gasteiger partial charge in [0, 0.05) is 17.0 Å². The van der Waals surface area contributed by atoms with E-state index in [0.717, 1.165) is 31.2 Å². The molecule has 0 atom stereocenters. The van der Waals surface area contributed by atoms with Crippen molar-refractivity contribution in [1.29, 1.82) is 0 Å². The van der Waals surface area contributed by atoms with E-state index in [2.05, 4.69) is 12.1 Å². The van der Waals surface area contributed by atoms with Crippen molar-refractivity contribution in [2.75, 3.05) is 5.73 Å². The third kappa shape index (κ3) is 3.90. The largest absolute Gasteiger partial charge is 0.477 e. The Hall–Kier alpha value is -2.79. The Morgan fingerprint density at radius 2 is 1.82 bits per heavy atom. The molecule has 146 valence electrons. The first kappa shape index (κ1) is 20.0. The quantitative estimate of drug-likeness (QED) is 0.573. The van der Waals surface area contributed by atoms with Crippen LogP contribution in [0.4, 0.5) is 5.82 Å². The van der Waals surface area contributed by atoms with E-state index in [1.165, 1.54) is 5.56 Å². The summed E-state index contributed by atoms with van der Waals surface area (Å²) in [6, 6.07) is 13.7. The van der Waals surface area contributed by atoms with Gasteiger partial charge in [-0.15, -0.1) is 0 Å². The Labute approximate surface area is 168 Å². The summed E-state index contributed by atoms with van der Waals surface area (Å²) >= 11 is 6.46. The Morgan fingerprint density at radius 1 is 1.14 bits per heavy atom. The normalized spacial score (nSPS) is 11.1. The van der Waals surface area contributed by atoms with Gasteiger partial charge in [-0.2, -0.15) is 0 Å². The van der Waals surface area contributed by atoms with E-state index in [-0.39, 0.29) is 11.4 Å². The predicted octanol–water partition coefficient (Wildman–Crippen LogP) is 4.52. The molecular formula is C22H23ClN2O3. The number of aromatic nitrogens is 1. The molecule has 3 rings (SSSR count). The fourth-order valence-electron chi connectivity index (χ4n) is 3.56. The van der Waals surface area contributed by atoms with Gasteiger partial charge in [0.1, 0.15) is 11.4 Å². The molecule has 0 aliphatic heterocycles. The fraction of sp³-hybridized carbons (Fsp3) is 0.273. The maximum atomic E-state index is 12.7. The number of carboxylic acid groups (broad SMARTS) is 1. The number of hydrogen-bond donors (Lipinski definition) is 2. The fourth-order valence-corrected chi connectivity index (χ4v) is 3.81. The minimum atomic E-state index is -1.31. The van der Waals surface area contributed by atoms with Crippen molar-refractivity contribution in [3.05, 3.63) is 74.4 Å². The van der Waals surface area contributed by atoms with E-state index < -0.39 is 11.4 Å². The molecule has 0 saturated heterocycles. The molecule has 0 saturated carbocycles. The van der Waals surface area contributed by atoms with Crippen molar-refractivity contribution in [2.45, 2.75) is 39.2 Å². The smallest absolute Gasteiger partial charge is 0.343 e. The number of unbranched alkanes of at least 4 members (excludes halogenated alkanes) is 1. The molecule has 3 aromatic rings. The molecule has 6 heteroatoms. The average Bonchev–Trinajstić information content (AvgIpc) is 2.67. The highest BCUT2D eigenvalue weighted by molar-refractivity contribution is 6.32. The Bertz CT molecular complexity index is 1070. The van der Waals surface area contributed by atoms with Gasteiger partial charge in [-0.05, 0) is 55.9 Å². The zero-order chi connectivity index (χ0) is 20.3. The highest BCUT2D eigenvalue weighted by Crippen LogP contribution is 2.27. The van der Waals surface area contributed by atoms with Gasteiger partial charge >= 0.3 is 5.97 Å². The summed E-state index contributed by atoms with van der Waals surface area (Å²) in [4.78, 5) is 24.3. The Balaban J connectivity index is 1.91. The third-order valence-corrected chi connectivity index (χ3v) is 5.36. The van der Waals surface area contributed by atoms with Crippen LogP contribution in [-0.4, -0.2) is 15.6 Å². The number of halogens is 1. The number of anilines is 1. The lowest BCUT2D eigenvalue weighted by Gasteiger charge is -2.16. The van der Waals surface area contributed by atoms with Crippen LogP contribution in [0.5, 0.6) is 0 Å². The summed E-state index contributed by atoms with van der Waals surface area (Å²) in [5, 5.41) is 10.3. The molecule has 1 heterocycles. The molecular weight excluding hydrogens is 376 g/mol. The highest BCUT2D eigenvalue weighted by atomic mass is 35.5. The minimum Gasteiger partial charge on any atom is -0.477 e. The number of carbonyl (C=O) groups is 1. The molecule has 0 bridgehead atoms. The predicted molar refractivity (Wildman–Crippen MR) is 113 cm³/mol. The van der Waals surface area contributed by atoms with Crippen molar-refractivity contribution >= 4 is 34.3 Å². The second-order valence-electron chi connectivity index (χ2n) is 6.79. The maximum absolute atomic E-state index is 12.7. The van der Waals surface area contributed by atoms with Gasteiger partial charge in [0.2, 0.25) is 5.43 Å². The number of rotatable bonds is 7. The van der Waals surface area contributed by atoms with Crippen molar-refractivity contribution in [3.63, 3.8) is 0 Å². The van der Waals surface area contributed by atoms with E-state index in [9.17, 15) is 14.7 Å². The van der Waals surface area contributed by atoms with E-state index in [4.69, 9.17) is 17.3 Å². The van der Waals surface area contributed by atoms with Gasteiger partial charge < -0.3 is 15.4 Å². The molecule has 0 aliphatic carbocycles. The number of carboxylic acids is 1. The summed E-state index contributed by atoms with van der Waals surface area (Å²) in [5.74, 6) is -1.36. The Kier molecular flexibility index (Phi) is 6.05. The van der Waals surface area contributed by atoms with Gasteiger partial charge in [0.05, 0.1) is 5.52 Å². The number of nitrogen functional groups attached to an aromatic ring is 1. The molecule has 0 spiro atoms. The molecule has 0 unspecified atom stereocenters. The first-order valence-electron chi connectivity index (χ1n) is 9.35. The second-order valence-corrected chi connectivity index (χ2v) is 7.20. The van der Waals surface area contributed by atoms with Crippen LogP contribution in [0.2, 0.25) is 5.02 Å². The van der Waals surface area contributed by atoms with Gasteiger partial charge in [0.25, 0.3) is 0 Å². The van der Waals surface area contributed by atoms with Crippen molar-refractivity contribution < 1.29 is 9.90 Å². The van der Waals surface area contributed by atoms with Gasteiger partial charge in [-0.3, -0.25) is 4.79 Å². The number of nitrogens with two attached hydrogens (primary N) is 1. The van der Waals surface area contributed by atoms with E-state index in [1.54, 1.807) is 16.7 Å². The number of fused-ring (bicyclic) bond motifs is 1. The van der Waals surface area contributed by atoms with Crippen molar-refractivity contribution in [1.82, 2.24) is 4.57 Å². The number of hydrogen-bond acceptors (Lipinski definition) is 3. The lowest BCUT2D eigenvalue weighted by Crippen LogP contribution is -2.23. The Morgan fingerprint density at radius 3 is 2.46 bits per heavy atom. The number of pyridine rings is 1. The standard InChI is InChI=1S/C22H23ClN2O3/c1-2-25-18-13-17(23)15(11-7-6-10-14-8-4-3-5-9-14)12-16(18)20(26)19(21(25)24)22(27)28/h3-5,8-9,12-13H,2,6-7,10-11,24H2,1H3,(H,27,28). The number of benzene rings is 2. The molecule has 1 aromatic heterocycles. The summed E-state index contributed by atoms with van der Waals surface area (Å²) in [6.07, 6.45) is 3.62. The molecule has 2 aromatic carbocycles. The topological polar surface area (TPSA) is 85.3 Å². The monoisotopic (exact) mass is 398 g/mol. The second kappa shape index (κ2) is 8.48. The van der Waals surface area contributed by atoms with Gasteiger partial charge in [0.15, 0.2) is 0 Å². The number of aromatic carboxylic acids is 1. The van der Waals surface area contributed by atoms with Crippen LogP contribution in [0.25, 0.3) is 10.9 Å².